The molecule has 0 saturated carbocycles. The second kappa shape index (κ2) is 4.26. The smallest absolute Gasteiger partial charge is 0.341 e. The van der Waals surface area contributed by atoms with Crippen LogP contribution in [-0.4, -0.2) is 21.3 Å². The number of carbonyl (C=O) groups is 1. The molecule has 0 fully saturated rings. The zero-order chi connectivity index (χ0) is 14.3. The van der Waals surface area contributed by atoms with Crippen LogP contribution >= 0.6 is 0 Å². The van der Waals surface area contributed by atoms with Crippen molar-refractivity contribution in [1.29, 1.82) is 0 Å². The molecule has 19 heavy (non-hydrogen) atoms. The zero-order valence-electron chi connectivity index (χ0n) is 8.97. The van der Waals surface area contributed by atoms with E-state index in [1.165, 1.54) is 0 Å². The number of carboxylic acid groups (broad SMARTS) is 1. The molecule has 0 spiro atoms. The van der Waals surface area contributed by atoms with Crippen molar-refractivity contribution in [3.8, 4) is 11.3 Å². The number of aromatic nitrogens is 2. The quantitative estimate of drug-likeness (QED) is 0.576. The second-order valence-corrected chi connectivity index (χ2v) is 3.52. The Hall–Kier alpha value is -2.58. The fourth-order valence-electron chi connectivity index (χ4n) is 1.52. The number of H-pyrrole nitrogens is 1. The first-order chi connectivity index (χ1) is 8.84. The van der Waals surface area contributed by atoms with Gasteiger partial charge in [0.1, 0.15) is 11.4 Å². The molecule has 9 heteroatoms. The van der Waals surface area contributed by atoms with Crippen molar-refractivity contribution < 1.29 is 27.5 Å². The van der Waals surface area contributed by atoms with Gasteiger partial charge in [-0.2, -0.15) is 5.10 Å². The molecule has 0 bridgehead atoms. The number of nitrogens with zero attached hydrogens (tertiary/aromatic N) is 1. The van der Waals surface area contributed by atoms with Crippen LogP contribution < -0.4 is 5.73 Å². The minimum absolute atomic E-state index is 0.156. The van der Waals surface area contributed by atoms with Crippen LogP contribution in [-0.2, 0) is 0 Å². The Morgan fingerprint density at radius 1 is 1.16 bits per heavy atom. The van der Waals surface area contributed by atoms with E-state index in [9.17, 15) is 22.4 Å². The molecule has 5 nitrogen and oxygen atoms in total. The second-order valence-electron chi connectivity index (χ2n) is 3.52. The number of benzene rings is 1. The number of anilines is 1. The molecule has 0 atom stereocenters. The van der Waals surface area contributed by atoms with Crippen LogP contribution in [0, 0.1) is 23.3 Å². The Kier molecular flexibility index (Phi) is 2.89. The van der Waals surface area contributed by atoms with Gasteiger partial charge in [0.2, 0.25) is 0 Å². The van der Waals surface area contributed by atoms with E-state index in [0.717, 1.165) is 6.07 Å². The molecular formula is C10H5F4N3O2. The van der Waals surface area contributed by atoms with Gasteiger partial charge >= 0.3 is 5.97 Å². The van der Waals surface area contributed by atoms with Gasteiger partial charge < -0.3 is 10.8 Å². The highest BCUT2D eigenvalue weighted by atomic mass is 19.2. The standard InChI is InChI=1S/C10H5F4N3O2/c11-6-4(2-1-3(15)17-16-2)7(12)9(14)5(8(6)13)10(18)19/h1H,(H,18,19)(H3,15,16,17). The van der Waals surface area contributed by atoms with Crippen LogP contribution in [0.15, 0.2) is 6.07 Å². The van der Waals surface area contributed by atoms with Gasteiger partial charge in [-0.25, -0.2) is 22.4 Å². The Balaban J connectivity index is 2.81. The van der Waals surface area contributed by atoms with Crippen LogP contribution in [0.4, 0.5) is 23.4 Å². The molecule has 0 aliphatic carbocycles. The van der Waals surface area contributed by atoms with Gasteiger partial charge in [0.25, 0.3) is 0 Å². The number of aromatic amines is 1. The van der Waals surface area contributed by atoms with Crippen LogP contribution in [0.2, 0.25) is 0 Å². The van der Waals surface area contributed by atoms with Gasteiger partial charge in [-0.3, -0.25) is 5.10 Å². The third kappa shape index (κ3) is 1.88. The normalized spacial score (nSPS) is 10.7. The maximum absolute atomic E-state index is 13.6. The third-order valence-electron chi connectivity index (χ3n) is 2.34. The fourth-order valence-corrected chi connectivity index (χ4v) is 1.52. The molecule has 0 radical (unpaired) electrons. The molecule has 2 rings (SSSR count). The minimum atomic E-state index is -2.12. The van der Waals surface area contributed by atoms with Crippen LogP contribution in [0.5, 0.6) is 0 Å². The monoisotopic (exact) mass is 275 g/mol. The summed E-state index contributed by atoms with van der Waals surface area (Å²) < 4.78 is 54.1. The van der Waals surface area contributed by atoms with Crippen molar-refractivity contribution >= 4 is 11.8 Å². The maximum atomic E-state index is 13.6. The summed E-state index contributed by atoms with van der Waals surface area (Å²) in [5.74, 6) is -9.98. The van der Waals surface area contributed by atoms with Crippen LogP contribution in [0.3, 0.4) is 0 Å². The number of halogens is 4. The van der Waals surface area contributed by atoms with E-state index in [0.29, 0.717) is 0 Å². The number of aromatic carboxylic acids is 1. The number of rotatable bonds is 2. The average molecular weight is 275 g/mol. The molecule has 1 heterocycles. The Bertz CT molecular complexity index is 655. The lowest BCUT2D eigenvalue weighted by Crippen LogP contribution is -2.11. The van der Waals surface area contributed by atoms with Crippen molar-refractivity contribution in [2.45, 2.75) is 0 Å². The summed E-state index contributed by atoms with van der Waals surface area (Å²) in [7, 11) is 0. The number of nitrogen functional groups attached to an aromatic ring is 1. The van der Waals surface area contributed by atoms with Gasteiger partial charge in [-0.15, -0.1) is 0 Å². The third-order valence-corrected chi connectivity index (χ3v) is 2.34. The Morgan fingerprint density at radius 3 is 2.05 bits per heavy atom. The largest absolute Gasteiger partial charge is 0.477 e. The minimum Gasteiger partial charge on any atom is -0.477 e. The predicted molar refractivity (Wildman–Crippen MR) is 55.2 cm³/mol. The summed E-state index contributed by atoms with van der Waals surface area (Å²) in [6.45, 7) is 0. The molecule has 2 aromatic rings. The number of hydrogen-bond acceptors (Lipinski definition) is 3. The molecule has 1 aromatic carbocycles. The molecule has 100 valence electrons. The molecule has 0 saturated heterocycles. The first-order valence-corrected chi connectivity index (χ1v) is 4.75. The molecule has 4 N–H and O–H groups in total. The van der Waals surface area contributed by atoms with Crippen molar-refractivity contribution in [3.05, 3.63) is 34.9 Å². The van der Waals surface area contributed by atoms with Gasteiger partial charge in [0, 0.05) is 6.07 Å². The molecular weight excluding hydrogens is 270 g/mol. The first kappa shape index (κ1) is 12.9. The average Bonchev–Trinajstić information content (AvgIpc) is 2.73. The van der Waals surface area contributed by atoms with Gasteiger partial charge in [0.05, 0.1) is 11.3 Å². The molecule has 0 aliphatic heterocycles. The summed E-state index contributed by atoms with van der Waals surface area (Å²) in [6, 6.07) is 0.945. The Labute approximate surface area is 102 Å². The van der Waals surface area contributed by atoms with E-state index in [1.807, 2.05) is 0 Å². The van der Waals surface area contributed by atoms with E-state index in [2.05, 4.69) is 10.2 Å². The topological polar surface area (TPSA) is 92.0 Å². The lowest BCUT2D eigenvalue weighted by atomic mass is 10.1. The summed E-state index contributed by atoms with van der Waals surface area (Å²) in [5, 5.41) is 13.9. The van der Waals surface area contributed by atoms with Crippen molar-refractivity contribution in [2.24, 2.45) is 0 Å². The zero-order valence-corrected chi connectivity index (χ0v) is 8.97. The summed E-state index contributed by atoms with van der Waals surface area (Å²) in [4.78, 5) is 10.5. The number of carboxylic acids is 1. The fraction of sp³-hybridized carbons (Fsp3) is 0. The van der Waals surface area contributed by atoms with E-state index in [4.69, 9.17) is 10.8 Å². The number of nitrogens with one attached hydrogen (secondary N) is 1. The number of nitrogens with two attached hydrogens (primary N) is 1. The van der Waals surface area contributed by atoms with Crippen molar-refractivity contribution in [3.63, 3.8) is 0 Å². The first-order valence-electron chi connectivity index (χ1n) is 4.75. The Morgan fingerprint density at radius 2 is 1.68 bits per heavy atom. The van der Waals surface area contributed by atoms with E-state index in [-0.39, 0.29) is 5.82 Å². The lowest BCUT2D eigenvalue weighted by molar-refractivity contribution is 0.0683. The van der Waals surface area contributed by atoms with Gasteiger partial charge in [-0.1, -0.05) is 0 Å². The van der Waals surface area contributed by atoms with Gasteiger partial charge in [-0.05, 0) is 0 Å². The van der Waals surface area contributed by atoms with E-state index < -0.39 is 46.1 Å². The SMILES string of the molecule is Nc1cc(-c2c(F)c(F)c(C(=O)O)c(F)c2F)[nH]n1. The van der Waals surface area contributed by atoms with Gasteiger partial charge in [0.15, 0.2) is 23.3 Å². The maximum Gasteiger partial charge on any atom is 0.341 e. The highest BCUT2D eigenvalue weighted by Crippen LogP contribution is 2.31. The van der Waals surface area contributed by atoms with E-state index >= 15 is 0 Å². The van der Waals surface area contributed by atoms with Crippen LogP contribution in [0.25, 0.3) is 11.3 Å². The molecule has 1 aromatic heterocycles. The lowest BCUT2D eigenvalue weighted by Gasteiger charge is -2.08. The summed E-state index contributed by atoms with van der Waals surface area (Å²) in [5.41, 5.74) is 1.98. The predicted octanol–water partition coefficient (Wildman–Crippen LogP) is 1.91. The summed E-state index contributed by atoms with van der Waals surface area (Å²) >= 11 is 0. The molecule has 0 aliphatic rings. The van der Waals surface area contributed by atoms with Crippen LogP contribution in [0.1, 0.15) is 10.4 Å². The van der Waals surface area contributed by atoms with Crippen molar-refractivity contribution in [1.82, 2.24) is 10.2 Å². The number of hydrogen-bond donors (Lipinski definition) is 3. The molecule has 0 unspecified atom stereocenters. The highest BCUT2D eigenvalue weighted by Gasteiger charge is 2.30. The van der Waals surface area contributed by atoms with Crippen molar-refractivity contribution in [2.75, 3.05) is 5.73 Å². The summed E-state index contributed by atoms with van der Waals surface area (Å²) in [6.07, 6.45) is 0. The molecule has 0 amide bonds. The highest BCUT2D eigenvalue weighted by molar-refractivity contribution is 5.89. The van der Waals surface area contributed by atoms with E-state index in [1.54, 1.807) is 0 Å².